The first-order valence-electron chi connectivity index (χ1n) is 5.22. The van der Waals surface area contributed by atoms with Crippen molar-refractivity contribution in [3.63, 3.8) is 0 Å². The fourth-order valence-corrected chi connectivity index (χ4v) is 3.57. The zero-order valence-corrected chi connectivity index (χ0v) is 10.9. The van der Waals surface area contributed by atoms with E-state index in [4.69, 9.17) is 11.6 Å². The lowest BCUT2D eigenvalue weighted by Crippen LogP contribution is -2.17. The Balaban J connectivity index is 2.67. The van der Waals surface area contributed by atoms with Crippen LogP contribution in [0, 0.1) is 6.92 Å². The minimum absolute atomic E-state index is 0.480. The third-order valence-electron chi connectivity index (χ3n) is 2.90. The van der Waals surface area contributed by atoms with Gasteiger partial charge in [0.25, 0.3) is 0 Å². The van der Waals surface area contributed by atoms with Crippen molar-refractivity contribution in [3.05, 3.63) is 22.0 Å². The molecule has 0 aromatic carbocycles. The molecule has 88 valence electrons. The second kappa shape index (κ2) is 4.53. The number of hydrogen-bond acceptors (Lipinski definition) is 3. The van der Waals surface area contributed by atoms with E-state index in [0.717, 1.165) is 24.8 Å². The number of rotatable bonds is 1. The summed E-state index contributed by atoms with van der Waals surface area (Å²) in [7, 11) is 0. The summed E-state index contributed by atoms with van der Waals surface area (Å²) in [5, 5.41) is 10.4. The molecule has 0 saturated heterocycles. The number of aryl methyl sites for hydroxylation is 1. The molecule has 0 fully saturated rings. The molecular formula is C11H14ClNO2S. The normalized spacial score (nSPS) is 21.7. The number of pyridine rings is 1. The van der Waals surface area contributed by atoms with Crippen LogP contribution in [0.3, 0.4) is 0 Å². The van der Waals surface area contributed by atoms with Crippen LogP contribution in [0.1, 0.15) is 35.9 Å². The van der Waals surface area contributed by atoms with Gasteiger partial charge in [-0.3, -0.25) is 4.98 Å². The maximum absolute atomic E-state index is 11.7. The number of fused-ring (bicyclic) bond motifs is 1. The molecule has 2 rings (SSSR count). The minimum Gasteiger partial charge on any atom is -0.612 e. The summed E-state index contributed by atoms with van der Waals surface area (Å²) in [4.78, 5) is 4.98. The molecule has 1 aliphatic rings. The van der Waals surface area contributed by atoms with Gasteiger partial charge >= 0.3 is 0 Å². The molecule has 1 aromatic heterocycles. The Morgan fingerprint density at radius 1 is 1.56 bits per heavy atom. The topological polar surface area (TPSA) is 56.2 Å². The van der Waals surface area contributed by atoms with E-state index in [1.54, 1.807) is 13.2 Å². The Kier molecular flexibility index (Phi) is 3.45. The SMILES string of the molecule is Cc1nc2c(c([S+](C)[O-])c1Cl)CCCC2O. The van der Waals surface area contributed by atoms with Crippen LogP contribution in [0.5, 0.6) is 0 Å². The van der Waals surface area contributed by atoms with Crippen molar-refractivity contribution in [1.82, 2.24) is 4.98 Å². The lowest BCUT2D eigenvalue weighted by molar-refractivity contribution is 0.150. The fourth-order valence-electron chi connectivity index (χ4n) is 2.14. The Morgan fingerprint density at radius 3 is 2.88 bits per heavy atom. The van der Waals surface area contributed by atoms with E-state index in [0.29, 0.717) is 21.3 Å². The quantitative estimate of drug-likeness (QED) is 0.787. The molecule has 1 N–H and O–H groups in total. The summed E-state index contributed by atoms with van der Waals surface area (Å²) in [6.07, 6.45) is 3.48. The van der Waals surface area contributed by atoms with Gasteiger partial charge in [-0.2, -0.15) is 0 Å². The fraction of sp³-hybridized carbons (Fsp3) is 0.545. The summed E-state index contributed by atoms with van der Waals surface area (Å²) in [5.41, 5.74) is 2.19. The second-order valence-corrected chi connectivity index (χ2v) is 5.76. The highest BCUT2D eigenvalue weighted by Gasteiger charge is 2.29. The number of aliphatic hydroxyl groups excluding tert-OH is 1. The number of halogens is 1. The van der Waals surface area contributed by atoms with Crippen molar-refractivity contribution in [1.29, 1.82) is 0 Å². The van der Waals surface area contributed by atoms with E-state index in [9.17, 15) is 9.66 Å². The van der Waals surface area contributed by atoms with Gasteiger partial charge in [0.1, 0.15) is 11.3 Å². The van der Waals surface area contributed by atoms with Crippen LogP contribution < -0.4 is 0 Å². The van der Waals surface area contributed by atoms with Crippen molar-refractivity contribution in [2.24, 2.45) is 0 Å². The molecule has 16 heavy (non-hydrogen) atoms. The number of nitrogens with zero attached hydrogens (tertiary/aromatic N) is 1. The van der Waals surface area contributed by atoms with Gasteiger partial charge in [0, 0.05) is 5.56 Å². The van der Waals surface area contributed by atoms with E-state index in [1.807, 2.05) is 0 Å². The van der Waals surface area contributed by atoms with E-state index in [-0.39, 0.29) is 0 Å². The van der Waals surface area contributed by atoms with Crippen LogP contribution >= 0.6 is 11.6 Å². The van der Waals surface area contributed by atoms with Crippen molar-refractivity contribution >= 4 is 22.8 Å². The predicted molar refractivity (Wildman–Crippen MR) is 64.2 cm³/mol. The number of hydrogen-bond donors (Lipinski definition) is 1. The lowest BCUT2D eigenvalue weighted by atomic mass is 9.93. The first-order valence-corrected chi connectivity index (χ1v) is 7.16. The monoisotopic (exact) mass is 259 g/mol. The smallest absolute Gasteiger partial charge is 0.177 e. The minimum atomic E-state index is -1.14. The zero-order chi connectivity index (χ0) is 11.9. The van der Waals surface area contributed by atoms with Crippen LogP contribution in [0.2, 0.25) is 5.02 Å². The second-order valence-electron chi connectivity index (χ2n) is 4.07. The molecular weight excluding hydrogens is 246 g/mol. The van der Waals surface area contributed by atoms with Gasteiger partial charge in [-0.25, -0.2) is 0 Å². The summed E-state index contributed by atoms with van der Waals surface area (Å²) in [6, 6.07) is 0. The molecule has 1 aliphatic carbocycles. The van der Waals surface area contributed by atoms with Gasteiger partial charge < -0.3 is 9.66 Å². The van der Waals surface area contributed by atoms with Crippen LogP contribution in [-0.4, -0.2) is 20.9 Å². The molecule has 2 atom stereocenters. The van der Waals surface area contributed by atoms with Crippen LogP contribution in [0.4, 0.5) is 0 Å². The Bertz CT molecular complexity index is 423. The third-order valence-corrected chi connectivity index (χ3v) is 4.50. The highest BCUT2D eigenvalue weighted by Crippen LogP contribution is 2.37. The van der Waals surface area contributed by atoms with Gasteiger partial charge in [0.05, 0.1) is 17.5 Å². The molecule has 0 bridgehead atoms. The predicted octanol–water partition coefficient (Wildman–Crippen LogP) is 2.15. The molecule has 2 unspecified atom stereocenters. The number of aromatic nitrogens is 1. The van der Waals surface area contributed by atoms with Crippen LogP contribution in [-0.2, 0) is 17.6 Å². The molecule has 0 saturated carbocycles. The molecule has 1 aromatic rings. The zero-order valence-electron chi connectivity index (χ0n) is 9.29. The van der Waals surface area contributed by atoms with Crippen molar-refractivity contribution in [2.45, 2.75) is 37.2 Å². The van der Waals surface area contributed by atoms with Gasteiger partial charge in [-0.15, -0.1) is 0 Å². The highest BCUT2D eigenvalue weighted by atomic mass is 35.5. The molecule has 0 aliphatic heterocycles. The van der Waals surface area contributed by atoms with Gasteiger partial charge in [0.15, 0.2) is 4.90 Å². The molecule has 0 amide bonds. The first-order chi connectivity index (χ1) is 7.52. The molecule has 5 heteroatoms. The van der Waals surface area contributed by atoms with Crippen molar-refractivity contribution in [2.75, 3.05) is 6.26 Å². The molecule has 3 nitrogen and oxygen atoms in total. The molecule has 0 radical (unpaired) electrons. The average molecular weight is 260 g/mol. The third kappa shape index (κ3) is 1.95. The van der Waals surface area contributed by atoms with Gasteiger partial charge in [0.2, 0.25) is 0 Å². The first kappa shape index (κ1) is 12.2. The molecule has 0 spiro atoms. The maximum Gasteiger partial charge on any atom is 0.177 e. The largest absolute Gasteiger partial charge is 0.612 e. The lowest BCUT2D eigenvalue weighted by Gasteiger charge is -2.23. The van der Waals surface area contributed by atoms with E-state index in [1.165, 1.54) is 0 Å². The average Bonchev–Trinajstić information content (AvgIpc) is 2.21. The van der Waals surface area contributed by atoms with E-state index >= 15 is 0 Å². The number of aliphatic hydroxyl groups is 1. The maximum atomic E-state index is 11.7. The van der Waals surface area contributed by atoms with E-state index < -0.39 is 17.3 Å². The van der Waals surface area contributed by atoms with Gasteiger partial charge in [-0.05, 0) is 37.4 Å². The summed E-state index contributed by atoms with van der Waals surface area (Å²) >= 11 is 5.00. The summed E-state index contributed by atoms with van der Waals surface area (Å²) < 4.78 is 11.7. The van der Waals surface area contributed by atoms with Crippen LogP contribution in [0.25, 0.3) is 0 Å². The summed E-state index contributed by atoms with van der Waals surface area (Å²) in [5.74, 6) is 0. The Hall–Kier alpha value is -0.290. The van der Waals surface area contributed by atoms with E-state index in [2.05, 4.69) is 4.98 Å². The van der Waals surface area contributed by atoms with Crippen molar-refractivity contribution in [3.8, 4) is 0 Å². The Morgan fingerprint density at radius 2 is 2.25 bits per heavy atom. The summed E-state index contributed by atoms with van der Waals surface area (Å²) in [6.45, 7) is 1.78. The standard InChI is InChI=1S/C11H14ClNO2S/c1-6-9(12)11(16(2)15)7-4-3-5-8(14)10(7)13-6/h8,14H,3-5H2,1-2H3. The molecule has 1 heterocycles. The highest BCUT2D eigenvalue weighted by molar-refractivity contribution is 7.90. The van der Waals surface area contributed by atoms with Gasteiger partial charge in [-0.1, -0.05) is 11.6 Å². The Labute approximate surface area is 103 Å². The van der Waals surface area contributed by atoms with Crippen LogP contribution in [0.15, 0.2) is 4.90 Å². The van der Waals surface area contributed by atoms with Crippen molar-refractivity contribution < 1.29 is 9.66 Å².